The fourth-order valence-corrected chi connectivity index (χ4v) is 1.63. The molecule has 0 bridgehead atoms. The minimum atomic E-state index is -0.731. The number of anilines is 1. The van der Waals surface area contributed by atoms with E-state index in [0.29, 0.717) is 30.4 Å². The Morgan fingerprint density at radius 2 is 1.95 bits per heavy atom. The van der Waals surface area contributed by atoms with Crippen molar-refractivity contribution in [2.75, 3.05) is 32.2 Å². The first-order valence-corrected chi connectivity index (χ1v) is 6.57. The van der Waals surface area contributed by atoms with Gasteiger partial charge in [-0.3, -0.25) is 4.79 Å². The molecule has 0 heterocycles. The number of hydrogen-bond donors (Lipinski definition) is 2. The van der Waals surface area contributed by atoms with E-state index in [1.54, 1.807) is 18.2 Å². The Balaban J connectivity index is 0.00000400. The molecule has 1 unspecified atom stereocenters. The summed E-state index contributed by atoms with van der Waals surface area (Å²) in [5, 5.41) is 2.73. The van der Waals surface area contributed by atoms with E-state index < -0.39 is 6.04 Å². The average molecular weight is 319 g/mol. The monoisotopic (exact) mass is 318 g/mol. The highest BCUT2D eigenvalue weighted by molar-refractivity contribution is 5.96. The first-order chi connectivity index (χ1) is 9.62. The van der Waals surface area contributed by atoms with Crippen LogP contribution in [0.15, 0.2) is 18.2 Å². The Labute approximate surface area is 131 Å². The lowest BCUT2D eigenvalue weighted by molar-refractivity contribution is -0.118. The third-order valence-electron chi connectivity index (χ3n) is 2.50. The zero-order chi connectivity index (χ0) is 15.0. The molecule has 0 saturated heterocycles. The standard InChI is InChI=1S/C14H22N2O4.ClH/c1-4-19-10-6-7-13(20-5-2)12(8-10)16-14(17)11(15)9-18-3;/h6-8,11H,4-5,9,15H2,1-3H3,(H,16,17);1H. The maximum absolute atomic E-state index is 11.9. The fourth-order valence-electron chi connectivity index (χ4n) is 1.63. The lowest BCUT2D eigenvalue weighted by Crippen LogP contribution is -2.39. The van der Waals surface area contributed by atoms with Crippen molar-refractivity contribution in [3.63, 3.8) is 0 Å². The average Bonchev–Trinajstić information content (AvgIpc) is 2.42. The molecule has 3 N–H and O–H groups in total. The minimum Gasteiger partial charge on any atom is -0.494 e. The molecule has 6 nitrogen and oxygen atoms in total. The molecule has 0 saturated carbocycles. The van der Waals surface area contributed by atoms with E-state index in [0.717, 1.165) is 0 Å². The number of halogens is 1. The molecule has 1 rings (SSSR count). The summed E-state index contributed by atoms with van der Waals surface area (Å²) in [7, 11) is 1.49. The first-order valence-electron chi connectivity index (χ1n) is 6.57. The third-order valence-corrected chi connectivity index (χ3v) is 2.50. The van der Waals surface area contributed by atoms with E-state index in [-0.39, 0.29) is 24.9 Å². The number of carbonyl (C=O) groups excluding carboxylic acids is 1. The van der Waals surface area contributed by atoms with Crippen LogP contribution in [0.1, 0.15) is 13.8 Å². The van der Waals surface area contributed by atoms with Crippen LogP contribution in [0, 0.1) is 0 Å². The van der Waals surface area contributed by atoms with E-state index in [9.17, 15) is 4.79 Å². The summed E-state index contributed by atoms with van der Waals surface area (Å²) < 4.78 is 15.7. The molecule has 1 atom stereocenters. The van der Waals surface area contributed by atoms with Crippen molar-refractivity contribution in [3.8, 4) is 11.5 Å². The maximum Gasteiger partial charge on any atom is 0.243 e. The number of ether oxygens (including phenoxy) is 3. The number of hydrogen-bond acceptors (Lipinski definition) is 5. The Morgan fingerprint density at radius 1 is 1.29 bits per heavy atom. The Kier molecular flexibility index (Phi) is 9.53. The van der Waals surface area contributed by atoms with Gasteiger partial charge in [0, 0.05) is 13.2 Å². The second-order valence-corrected chi connectivity index (χ2v) is 4.08. The number of benzene rings is 1. The van der Waals surface area contributed by atoms with Gasteiger partial charge < -0.3 is 25.3 Å². The lowest BCUT2D eigenvalue weighted by atomic mass is 10.2. The van der Waals surface area contributed by atoms with Gasteiger partial charge in [-0.2, -0.15) is 0 Å². The van der Waals surface area contributed by atoms with Crippen LogP contribution in [-0.4, -0.2) is 38.9 Å². The molecule has 0 aliphatic heterocycles. The van der Waals surface area contributed by atoms with Crippen molar-refractivity contribution < 1.29 is 19.0 Å². The summed E-state index contributed by atoms with van der Waals surface area (Å²) in [4.78, 5) is 11.9. The zero-order valence-corrected chi connectivity index (χ0v) is 13.4. The van der Waals surface area contributed by atoms with Gasteiger partial charge in [-0.15, -0.1) is 12.4 Å². The largest absolute Gasteiger partial charge is 0.494 e. The topological polar surface area (TPSA) is 82.8 Å². The smallest absolute Gasteiger partial charge is 0.243 e. The zero-order valence-electron chi connectivity index (χ0n) is 12.5. The summed E-state index contributed by atoms with van der Waals surface area (Å²) in [6, 6.07) is 4.53. The predicted molar refractivity (Wildman–Crippen MR) is 84.5 cm³/mol. The van der Waals surface area contributed by atoms with E-state index in [1.807, 2.05) is 13.8 Å². The summed E-state index contributed by atoms with van der Waals surface area (Å²) >= 11 is 0. The summed E-state index contributed by atoms with van der Waals surface area (Å²) in [5.74, 6) is 0.905. The molecule has 0 spiro atoms. The highest BCUT2D eigenvalue weighted by Crippen LogP contribution is 2.29. The molecule has 120 valence electrons. The van der Waals surface area contributed by atoms with Crippen LogP contribution < -0.4 is 20.5 Å². The molecule has 1 aromatic rings. The second kappa shape index (κ2) is 10.3. The van der Waals surface area contributed by atoms with Crippen LogP contribution >= 0.6 is 12.4 Å². The van der Waals surface area contributed by atoms with Gasteiger partial charge in [-0.1, -0.05) is 0 Å². The SMILES string of the molecule is CCOc1ccc(OCC)c(NC(=O)C(N)COC)c1.Cl. The molecule has 7 heteroatoms. The molecule has 0 aliphatic carbocycles. The van der Waals surface area contributed by atoms with Crippen molar-refractivity contribution in [1.29, 1.82) is 0 Å². The van der Waals surface area contributed by atoms with Gasteiger partial charge in [0.25, 0.3) is 0 Å². The Hall–Kier alpha value is -1.50. The normalized spacial score (nSPS) is 11.2. The van der Waals surface area contributed by atoms with Crippen LogP contribution in [-0.2, 0) is 9.53 Å². The van der Waals surface area contributed by atoms with Crippen molar-refractivity contribution in [2.45, 2.75) is 19.9 Å². The van der Waals surface area contributed by atoms with Crippen molar-refractivity contribution in [1.82, 2.24) is 0 Å². The van der Waals surface area contributed by atoms with E-state index in [2.05, 4.69) is 5.32 Å². The molecular formula is C14H23ClN2O4. The van der Waals surface area contributed by atoms with Crippen LogP contribution in [0.3, 0.4) is 0 Å². The number of methoxy groups -OCH3 is 1. The van der Waals surface area contributed by atoms with Gasteiger partial charge in [0.2, 0.25) is 5.91 Å². The van der Waals surface area contributed by atoms with Gasteiger partial charge in [0.05, 0.1) is 25.5 Å². The minimum absolute atomic E-state index is 0. The van der Waals surface area contributed by atoms with Crippen LogP contribution in [0.5, 0.6) is 11.5 Å². The van der Waals surface area contributed by atoms with Crippen LogP contribution in [0.4, 0.5) is 5.69 Å². The fraction of sp³-hybridized carbons (Fsp3) is 0.500. The van der Waals surface area contributed by atoms with Crippen molar-refractivity contribution in [3.05, 3.63) is 18.2 Å². The van der Waals surface area contributed by atoms with E-state index >= 15 is 0 Å². The second-order valence-electron chi connectivity index (χ2n) is 4.08. The van der Waals surface area contributed by atoms with Gasteiger partial charge in [0.1, 0.15) is 17.5 Å². The van der Waals surface area contributed by atoms with Crippen LogP contribution in [0.2, 0.25) is 0 Å². The molecule has 1 amide bonds. The Morgan fingerprint density at radius 3 is 2.52 bits per heavy atom. The summed E-state index contributed by atoms with van der Waals surface area (Å²) in [5.41, 5.74) is 6.22. The number of nitrogens with two attached hydrogens (primary N) is 1. The van der Waals surface area contributed by atoms with Gasteiger partial charge >= 0.3 is 0 Å². The van der Waals surface area contributed by atoms with E-state index in [1.165, 1.54) is 7.11 Å². The quantitative estimate of drug-likeness (QED) is 0.764. The first kappa shape index (κ1) is 19.5. The predicted octanol–water partition coefficient (Wildman–Crippen LogP) is 1.82. The number of amides is 1. The molecule has 21 heavy (non-hydrogen) atoms. The van der Waals surface area contributed by atoms with Crippen molar-refractivity contribution >= 4 is 24.0 Å². The maximum atomic E-state index is 11.9. The summed E-state index contributed by atoms with van der Waals surface area (Å²) in [6.45, 7) is 4.97. The number of rotatable bonds is 8. The molecule has 0 aromatic heterocycles. The number of nitrogens with one attached hydrogen (secondary N) is 1. The summed E-state index contributed by atoms with van der Waals surface area (Å²) in [6.07, 6.45) is 0. The number of carbonyl (C=O) groups is 1. The third kappa shape index (κ3) is 6.20. The van der Waals surface area contributed by atoms with E-state index in [4.69, 9.17) is 19.9 Å². The molecular weight excluding hydrogens is 296 g/mol. The lowest BCUT2D eigenvalue weighted by Gasteiger charge is -2.15. The molecule has 1 aromatic carbocycles. The van der Waals surface area contributed by atoms with Gasteiger partial charge in [-0.05, 0) is 26.0 Å². The molecule has 0 fully saturated rings. The highest BCUT2D eigenvalue weighted by atomic mass is 35.5. The van der Waals surface area contributed by atoms with Gasteiger partial charge in [-0.25, -0.2) is 0 Å². The van der Waals surface area contributed by atoms with Crippen LogP contribution in [0.25, 0.3) is 0 Å². The Bertz CT molecular complexity index is 443. The molecule has 0 aliphatic rings. The highest BCUT2D eigenvalue weighted by Gasteiger charge is 2.16. The van der Waals surface area contributed by atoms with Gasteiger partial charge in [0.15, 0.2) is 0 Å². The van der Waals surface area contributed by atoms with Crippen molar-refractivity contribution in [2.24, 2.45) is 5.73 Å². The molecule has 0 radical (unpaired) electrons.